The Morgan fingerprint density at radius 2 is 1.89 bits per heavy atom. The average Bonchev–Trinajstić information content (AvgIpc) is 2.37. The van der Waals surface area contributed by atoms with Gasteiger partial charge >= 0.3 is 0 Å². The van der Waals surface area contributed by atoms with Crippen LogP contribution in [-0.4, -0.2) is 29.9 Å². The van der Waals surface area contributed by atoms with E-state index >= 15 is 0 Å². The fourth-order valence-corrected chi connectivity index (χ4v) is 1.25. The molecule has 0 fully saturated rings. The second kappa shape index (κ2) is 6.77. The van der Waals surface area contributed by atoms with Crippen LogP contribution < -0.4 is 10.6 Å². The number of nitrogens with one attached hydrogen (secondary N) is 2. The van der Waals surface area contributed by atoms with Gasteiger partial charge in [-0.2, -0.15) is 4.39 Å². The largest absolute Gasteiger partial charge is 0.354 e. The Hall–Kier alpha value is -2.05. The van der Waals surface area contributed by atoms with Gasteiger partial charge in [-0.3, -0.25) is 9.59 Å². The van der Waals surface area contributed by atoms with E-state index in [0.717, 1.165) is 12.3 Å². The molecule has 0 aliphatic heterocycles. The van der Waals surface area contributed by atoms with Gasteiger partial charge in [0, 0.05) is 25.2 Å². The maximum atomic E-state index is 13.2. The zero-order valence-electron chi connectivity index (χ0n) is 10.7. The van der Waals surface area contributed by atoms with Crippen LogP contribution >= 0.6 is 0 Å². The molecule has 104 valence electrons. The number of hydrogen-bond donors (Lipinski definition) is 2. The van der Waals surface area contributed by atoms with Crippen molar-refractivity contribution in [1.82, 2.24) is 15.6 Å². The molecule has 0 unspecified atom stereocenters. The number of rotatable bonds is 5. The highest BCUT2D eigenvalue weighted by molar-refractivity contribution is 5.94. The van der Waals surface area contributed by atoms with Crippen LogP contribution in [0, 0.1) is 17.7 Å². The lowest BCUT2D eigenvalue weighted by Crippen LogP contribution is -2.36. The van der Waals surface area contributed by atoms with Crippen molar-refractivity contribution >= 4 is 11.8 Å². The van der Waals surface area contributed by atoms with Crippen LogP contribution in [0.4, 0.5) is 8.78 Å². The van der Waals surface area contributed by atoms with E-state index in [1.807, 2.05) is 0 Å². The molecule has 0 saturated carbocycles. The number of amides is 2. The first-order valence-electron chi connectivity index (χ1n) is 5.79. The number of halogens is 2. The molecule has 0 atom stereocenters. The maximum absolute atomic E-state index is 13.2. The summed E-state index contributed by atoms with van der Waals surface area (Å²) in [4.78, 5) is 25.8. The minimum Gasteiger partial charge on any atom is -0.354 e. The Morgan fingerprint density at radius 3 is 2.53 bits per heavy atom. The molecule has 0 aliphatic rings. The summed E-state index contributed by atoms with van der Waals surface area (Å²) in [6.45, 7) is 3.82. The van der Waals surface area contributed by atoms with Crippen molar-refractivity contribution in [3.8, 4) is 0 Å². The van der Waals surface area contributed by atoms with Gasteiger partial charge in [0.1, 0.15) is 0 Å². The van der Waals surface area contributed by atoms with Crippen LogP contribution in [0.3, 0.4) is 0 Å². The van der Waals surface area contributed by atoms with Crippen molar-refractivity contribution in [1.29, 1.82) is 0 Å². The number of carbonyl (C=O) groups is 2. The standard InChI is InChI=1S/C12H15F2N3O2/c1-7(2)11(18)16-5-6-17-12(19)8-3-4-15-10(14)9(8)13/h3-4,7H,5-6H2,1-2H3,(H,16,18)(H,17,19). The number of hydrogen-bond acceptors (Lipinski definition) is 3. The number of nitrogens with zero attached hydrogens (tertiary/aromatic N) is 1. The molecule has 0 bridgehead atoms. The average molecular weight is 271 g/mol. The molecule has 0 aliphatic carbocycles. The van der Waals surface area contributed by atoms with Gasteiger partial charge in [-0.05, 0) is 6.07 Å². The van der Waals surface area contributed by atoms with E-state index in [-0.39, 0.29) is 24.9 Å². The highest BCUT2D eigenvalue weighted by atomic mass is 19.2. The smallest absolute Gasteiger partial charge is 0.254 e. The Labute approximate surface area is 109 Å². The SMILES string of the molecule is CC(C)C(=O)NCCNC(=O)c1ccnc(F)c1F. The van der Waals surface area contributed by atoms with Gasteiger partial charge in [-0.25, -0.2) is 9.37 Å². The second-order valence-electron chi connectivity index (χ2n) is 4.16. The third-order valence-electron chi connectivity index (χ3n) is 2.33. The Bertz CT molecular complexity index is 478. The molecule has 1 rings (SSSR count). The second-order valence-corrected chi connectivity index (χ2v) is 4.16. The zero-order chi connectivity index (χ0) is 14.4. The van der Waals surface area contributed by atoms with E-state index in [1.165, 1.54) is 0 Å². The Morgan fingerprint density at radius 1 is 1.26 bits per heavy atom. The predicted octanol–water partition coefficient (Wildman–Crippen LogP) is 0.862. The molecule has 1 heterocycles. The maximum Gasteiger partial charge on any atom is 0.254 e. The molecule has 0 saturated heterocycles. The Kier molecular flexibility index (Phi) is 5.35. The monoisotopic (exact) mass is 271 g/mol. The molecule has 2 N–H and O–H groups in total. The molecule has 1 aromatic heterocycles. The first kappa shape index (κ1) is 15.0. The van der Waals surface area contributed by atoms with Gasteiger partial charge < -0.3 is 10.6 Å². The van der Waals surface area contributed by atoms with Crippen molar-refractivity contribution in [2.45, 2.75) is 13.8 Å². The van der Waals surface area contributed by atoms with Crippen molar-refractivity contribution < 1.29 is 18.4 Å². The summed E-state index contributed by atoms with van der Waals surface area (Å²) in [5.41, 5.74) is -0.414. The lowest BCUT2D eigenvalue weighted by atomic mass is 10.2. The topological polar surface area (TPSA) is 71.1 Å². The molecule has 2 amide bonds. The summed E-state index contributed by atoms with van der Waals surface area (Å²) >= 11 is 0. The van der Waals surface area contributed by atoms with E-state index in [2.05, 4.69) is 15.6 Å². The number of aromatic nitrogens is 1. The molecule has 19 heavy (non-hydrogen) atoms. The van der Waals surface area contributed by atoms with Crippen molar-refractivity contribution in [3.05, 3.63) is 29.6 Å². The fourth-order valence-electron chi connectivity index (χ4n) is 1.25. The van der Waals surface area contributed by atoms with Gasteiger partial charge in [-0.1, -0.05) is 13.8 Å². The summed E-state index contributed by atoms with van der Waals surface area (Å²) in [5.74, 6) is -3.65. The summed E-state index contributed by atoms with van der Waals surface area (Å²) in [5, 5.41) is 4.95. The van der Waals surface area contributed by atoms with Gasteiger partial charge in [0.25, 0.3) is 5.91 Å². The van der Waals surface area contributed by atoms with Crippen LogP contribution in [0.5, 0.6) is 0 Å². The Balaban J connectivity index is 2.44. The highest BCUT2D eigenvalue weighted by Gasteiger charge is 2.15. The number of pyridine rings is 1. The first-order chi connectivity index (χ1) is 8.93. The highest BCUT2D eigenvalue weighted by Crippen LogP contribution is 2.08. The van der Waals surface area contributed by atoms with Crippen LogP contribution in [0.25, 0.3) is 0 Å². The molecule has 0 aromatic carbocycles. The van der Waals surface area contributed by atoms with E-state index < -0.39 is 23.2 Å². The molecule has 7 heteroatoms. The van der Waals surface area contributed by atoms with Crippen molar-refractivity contribution in [2.24, 2.45) is 5.92 Å². The summed E-state index contributed by atoms with van der Waals surface area (Å²) < 4.78 is 26.0. The van der Waals surface area contributed by atoms with E-state index in [9.17, 15) is 18.4 Å². The van der Waals surface area contributed by atoms with Gasteiger partial charge in [0.15, 0.2) is 5.82 Å². The van der Waals surface area contributed by atoms with Crippen LogP contribution in [-0.2, 0) is 4.79 Å². The van der Waals surface area contributed by atoms with Gasteiger partial charge in [-0.15, -0.1) is 0 Å². The lowest BCUT2D eigenvalue weighted by molar-refractivity contribution is -0.123. The van der Waals surface area contributed by atoms with Crippen LogP contribution in [0.1, 0.15) is 24.2 Å². The third-order valence-corrected chi connectivity index (χ3v) is 2.33. The van der Waals surface area contributed by atoms with Crippen molar-refractivity contribution in [2.75, 3.05) is 13.1 Å². The quantitative estimate of drug-likeness (QED) is 0.616. The summed E-state index contributed by atoms with van der Waals surface area (Å²) in [6, 6.07) is 1.08. The zero-order valence-corrected chi connectivity index (χ0v) is 10.7. The van der Waals surface area contributed by atoms with E-state index in [1.54, 1.807) is 13.8 Å². The number of carbonyl (C=O) groups excluding carboxylic acids is 2. The molecule has 0 radical (unpaired) electrons. The molecule has 5 nitrogen and oxygen atoms in total. The van der Waals surface area contributed by atoms with Gasteiger partial charge in [0.2, 0.25) is 11.9 Å². The van der Waals surface area contributed by atoms with Crippen molar-refractivity contribution in [3.63, 3.8) is 0 Å². The summed E-state index contributed by atoms with van der Waals surface area (Å²) in [6.07, 6.45) is 1.01. The molecular weight excluding hydrogens is 256 g/mol. The van der Waals surface area contributed by atoms with E-state index in [4.69, 9.17) is 0 Å². The van der Waals surface area contributed by atoms with Crippen LogP contribution in [0.15, 0.2) is 12.3 Å². The van der Waals surface area contributed by atoms with Crippen LogP contribution in [0.2, 0.25) is 0 Å². The molecule has 1 aromatic rings. The lowest BCUT2D eigenvalue weighted by Gasteiger charge is -2.09. The molecule has 0 spiro atoms. The summed E-state index contributed by atoms with van der Waals surface area (Å²) in [7, 11) is 0. The molecular formula is C12H15F2N3O2. The first-order valence-corrected chi connectivity index (χ1v) is 5.79. The predicted molar refractivity (Wildman–Crippen MR) is 64.3 cm³/mol. The van der Waals surface area contributed by atoms with E-state index in [0.29, 0.717) is 0 Å². The third kappa shape index (κ3) is 4.27. The normalized spacial score (nSPS) is 10.4. The fraction of sp³-hybridized carbons (Fsp3) is 0.417. The van der Waals surface area contributed by atoms with Gasteiger partial charge in [0.05, 0.1) is 5.56 Å². The minimum absolute atomic E-state index is 0.126. The minimum atomic E-state index is -1.32.